The topological polar surface area (TPSA) is 43.8 Å². The summed E-state index contributed by atoms with van der Waals surface area (Å²) < 4.78 is 2.21. The van der Waals surface area contributed by atoms with E-state index in [1.807, 2.05) is 0 Å². The zero-order chi connectivity index (χ0) is 13.7. The van der Waals surface area contributed by atoms with E-state index in [0.717, 1.165) is 35.5 Å². The second-order valence-corrected chi connectivity index (χ2v) is 6.63. The highest BCUT2D eigenvalue weighted by Crippen LogP contribution is 2.56. The molecule has 3 atom stereocenters. The SMILES string of the molecule is Cn1c(CC(N)C2C3CCCCC32)nc2ccccc21. The van der Waals surface area contributed by atoms with Gasteiger partial charge in [0.2, 0.25) is 0 Å². The first-order valence-corrected chi connectivity index (χ1v) is 7.91. The normalized spacial score (nSPS) is 30.2. The van der Waals surface area contributed by atoms with Crippen LogP contribution in [0.3, 0.4) is 0 Å². The Morgan fingerprint density at radius 1 is 1.25 bits per heavy atom. The predicted octanol–water partition coefficient (Wildman–Crippen LogP) is 2.88. The lowest BCUT2D eigenvalue weighted by Gasteiger charge is -2.11. The molecule has 2 fully saturated rings. The van der Waals surface area contributed by atoms with Crippen molar-refractivity contribution in [1.29, 1.82) is 0 Å². The average molecular weight is 269 g/mol. The van der Waals surface area contributed by atoms with E-state index in [1.54, 1.807) is 0 Å². The molecule has 2 saturated carbocycles. The molecule has 0 bridgehead atoms. The third-order valence-electron chi connectivity index (χ3n) is 5.52. The lowest BCUT2D eigenvalue weighted by molar-refractivity contribution is 0.480. The fourth-order valence-corrected chi connectivity index (χ4v) is 4.41. The molecule has 2 aliphatic carbocycles. The van der Waals surface area contributed by atoms with Crippen LogP contribution >= 0.6 is 0 Å². The molecule has 20 heavy (non-hydrogen) atoms. The van der Waals surface area contributed by atoms with E-state index >= 15 is 0 Å². The summed E-state index contributed by atoms with van der Waals surface area (Å²) in [4.78, 5) is 4.76. The zero-order valence-electron chi connectivity index (χ0n) is 12.1. The van der Waals surface area contributed by atoms with Crippen molar-refractivity contribution < 1.29 is 0 Å². The van der Waals surface area contributed by atoms with Crippen molar-refractivity contribution in [3.8, 4) is 0 Å². The van der Waals surface area contributed by atoms with Crippen molar-refractivity contribution in [2.24, 2.45) is 30.5 Å². The van der Waals surface area contributed by atoms with E-state index in [2.05, 4.69) is 35.9 Å². The highest BCUT2D eigenvalue weighted by molar-refractivity contribution is 5.75. The summed E-state index contributed by atoms with van der Waals surface area (Å²) in [6.45, 7) is 0. The molecule has 0 spiro atoms. The molecule has 0 amide bonds. The van der Waals surface area contributed by atoms with Gasteiger partial charge in [-0.2, -0.15) is 0 Å². The number of nitrogens with zero attached hydrogens (tertiary/aromatic N) is 2. The van der Waals surface area contributed by atoms with Gasteiger partial charge in [0.05, 0.1) is 11.0 Å². The zero-order valence-corrected chi connectivity index (χ0v) is 12.1. The molecule has 1 aromatic heterocycles. The van der Waals surface area contributed by atoms with E-state index < -0.39 is 0 Å². The standard InChI is InChI=1S/C17H23N3/c1-20-15-9-5-4-8-14(15)19-16(20)10-13(18)17-11-6-2-3-7-12(11)17/h4-5,8-9,11-13,17H,2-3,6-7,10,18H2,1H3. The third-order valence-corrected chi connectivity index (χ3v) is 5.52. The molecule has 3 heteroatoms. The van der Waals surface area contributed by atoms with E-state index in [1.165, 1.54) is 31.2 Å². The number of aromatic nitrogens is 2. The fraction of sp³-hybridized carbons (Fsp3) is 0.588. The summed E-state index contributed by atoms with van der Waals surface area (Å²) >= 11 is 0. The number of nitrogens with two attached hydrogens (primary N) is 1. The molecule has 0 saturated heterocycles. The van der Waals surface area contributed by atoms with Crippen LogP contribution in [0.25, 0.3) is 11.0 Å². The number of aryl methyl sites for hydroxylation is 1. The van der Waals surface area contributed by atoms with E-state index in [-0.39, 0.29) is 0 Å². The van der Waals surface area contributed by atoms with Crippen molar-refractivity contribution in [1.82, 2.24) is 9.55 Å². The Morgan fingerprint density at radius 2 is 1.95 bits per heavy atom. The minimum Gasteiger partial charge on any atom is -0.331 e. The summed E-state index contributed by atoms with van der Waals surface area (Å²) in [6.07, 6.45) is 6.56. The Morgan fingerprint density at radius 3 is 2.65 bits per heavy atom. The first-order valence-electron chi connectivity index (χ1n) is 7.91. The van der Waals surface area contributed by atoms with Crippen LogP contribution in [-0.2, 0) is 13.5 Å². The maximum absolute atomic E-state index is 6.51. The van der Waals surface area contributed by atoms with Gasteiger partial charge < -0.3 is 10.3 Å². The van der Waals surface area contributed by atoms with E-state index in [4.69, 9.17) is 10.7 Å². The molecule has 0 aliphatic heterocycles. The molecule has 2 aliphatic rings. The van der Waals surface area contributed by atoms with Crippen LogP contribution in [0.5, 0.6) is 0 Å². The third kappa shape index (κ3) is 1.87. The monoisotopic (exact) mass is 269 g/mol. The molecular formula is C17H23N3. The second-order valence-electron chi connectivity index (χ2n) is 6.63. The van der Waals surface area contributed by atoms with Crippen molar-refractivity contribution in [2.75, 3.05) is 0 Å². The number of fused-ring (bicyclic) bond motifs is 2. The van der Waals surface area contributed by atoms with Crippen LogP contribution in [0, 0.1) is 17.8 Å². The Balaban J connectivity index is 1.54. The molecule has 2 N–H and O–H groups in total. The number of para-hydroxylation sites is 2. The maximum atomic E-state index is 6.51. The number of benzene rings is 1. The molecule has 3 unspecified atom stereocenters. The summed E-state index contributed by atoms with van der Waals surface area (Å²) in [7, 11) is 2.11. The number of imidazole rings is 1. The molecule has 3 nitrogen and oxygen atoms in total. The number of hydrogen-bond acceptors (Lipinski definition) is 2. The largest absolute Gasteiger partial charge is 0.331 e. The van der Waals surface area contributed by atoms with Crippen molar-refractivity contribution in [3.63, 3.8) is 0 Å². The summed E-state index contributed by atoms with van der Waals surface area (Å²) in [5.74, 6) is 3.75. The summed E-state index contributed by atoms with van der Waals surface area (Å²) in [5, 5.41) is 0. The van der Waals surface area contributed by atoms with Gasteiger partial charge in [0, 0.05) is 19.5 Å². The van der Waals surface area contributed by atoms with Gasteiger partial charge in [-0.25, -0.2) is 4.98 Å². The van der Waals surface area contributed by atoms with Gasteiger partial charge in [-0.15, -0.1) is 0 Å². The van der Waals surface area contributed by atoms with Crippen molar-refractivity contribution >= 4 is 11.0 Å². The molecule has 0 radical (unpaired) electrons. The molecular weight excluding hydrogens is 246 g/mol. The minimum absolute atomic E-state index is 0.290. The van der Waals surface area contributed by atoms with Crippen LogP contribution in [-0.4, -0.2) is 15.6 Å². The summed E-state index contributed by atoms with van der Waals surface area (Å²) in [5.41, 5.74) is 8.81. The Hall–Kier alpha value is -1.35. The van der Waals surface area contributed by atoms with Crippen molar-refractivity contribution in [2.45, 2.75) is 38.1 Å². The lowest BCUT2D eigenvalue weighted by Crippen LogP contribution is -2.28. The fourth-order valence-electron chi connectivity index (χ4n) is 4.41. The van der Waals surface area contributed by atoms with Gasteiger partial charge in [0.1, 0.15) is 5.82 Å². The van der Waals surface area contributed by atoms with E-state index in [9.17, 15) is 0 Å². The lowest BCUT2D eigenvalue weighted by atomic mass is 10.0. The highest BCUT2D eigenvalue weighted by Gasteiger charge is 2.53. The quantitative estimate of drug-likeness (QED) is 0.931. The van der Waals surface area contributed by atoms with Crippen LogP contribution in [0.2, 0.25) is 0 Å². The Labute approximate surface area is 120 Å². The Bertz CT molecular complexity index is 618. The number of hydrogen-bond donors (Lipinski definition) is 1. The molecule has 1 aromatic carbocycles. The molecule has 4 rings (SSSR count). The number of rotatable bonds is 3. The minimum atomic E-state index is 0.290. The predicted molar refractivity (Wildman–Crippen MR) is 81.3 cm³/mol. The van der Waals surface area contributed by atoms with Crippen LogP contribution in [0.15, 0.2) is 24.3 Å². The van der Waals surface area contributed by atoms with Crippen LogP contribution in [0.4, 0.5) is 0 Å². The molecule has 2 aromatic rings. The molecule has 106 valence electrons. The van der Waals surface area contributed by atoms with Gasteiger partial charge in [-0.05, 0) is 42.7 Å². The van der Waals surface area contributed by atoms with Gasteiger partial charge >= 0.3 is 0 Å². The van der Waals surface area contributed by atoms with Crippen LogP contribution in [0.1, 0.15) is 31.5 Å². The van der Waals surface area contributed by atoms with Gasteiger partial charge in [0.25, 0.3) is 0 Å². The Kier molecular flexibility index (Phi) is 2.84. The summed E-state index contributed by atoms with van der Waals surface area (Å²) in [6, 6.07) is 8.63. The second kappa shape index (κ2) is 4.59. The van der Waals surface area contributed by atoms with Gasteiger partial charge in [-0.1, -0.05) is 25.0 Å². The highest BCUT2D eigenvalue weighted by atomic mass is 15.1. The van der Waals surface area contributed by atoms with E-state index in [0.29, 0.717) is 6.04 Å². The maximum Gasteiger partial charge on any atom is 0.111 e. The van der Waals surface area contributed by atoms with Gasteiger partial charge in [0.15, 0.2) is 0 Å². The smallest absolute Gasteiger partial charge is 0.111 e. The average Bonchev–Trinajstić information content (AvgIpc) is 3.13. The molecule has 1 heterocycles. The van der Waals surface area contributed by atoms with Gasteiger partial charge in [-0.3, -0.25) is 0 Å². The first kappa shape index (κ1) is 12.4. The van der Waals surface area contributed by atoms with Crippen molar-refractivity contribution in [3.05, 3.63) is 30.1 Å². The van der Waals surface area contributed by atoms with Crippen LogP contribution < -0.4 is 5.73 Å². The first-order chi connectivity index (χ1) is 9.75.